The Labute approximate surface area is 196 Å². The van der Waals surface area contributed by atoms with Crippen LogP contribution in [0.15, 0.2) is 54.7 Å². The van der Waals surface area contributed by atoms with Gasteiger partial charge in [-0.15, -0.1) is 0 Å². The van der Waals surface area contributed by atoms with Crippen LogP contribution in [0.25, 0.3) is 10.2 Å². The summed E-state index contributed by atoms with van der Waals surface area (Å²) < 4.78 is 6.66. The lowest BCUT2D eigenvalue weighted by Gasteiger charge is -2.06. The van der Waals surface area contributed by atoms with E-state index in [1.807, 2.05) is 0 Å². The number of benzene rings is 2. The summed E-state index contributed by atoms with van der Waals surface area (Å²) in [6, 6.07) is 12.9. The number of thiazole rings is 1. The molecule has 0 bridgehead atoms. The highest BCUT2D eigenvalue weighted by Gasteiger charge is 2.11. The Morgan fingerprint density at radius 3 is 2.56 bits per heavy atom. The number of ether oxygens (including phenoxy) is 1. The average Bonchev–Trinajstić information content (AvgIpc) is 3.17. The number of rotatable bonds is 5. The first kappa shape index (κ1) is 21.8. The standard InChI is InChI=1S/C21H15Cl2N5O3S/c1-24-19(29)17-9-13(6-7-25-17)31-12-3-5-16-18(10-12)32-21(27-16)28-20(30)26-11-2-4-14(22)15(23)8-11/h2-10H,1H3,(H,24,29)(H2,26,27,28,30). The molecular weight excluding hydrogens is 473 g/mol. The summed E-state index contributed by atoms with van der Waals surface area (Å²) in [5, 5.41) is 9.05. The first-order chi connectivity index (χ1) is 15.4. The van der Waals surface area contributed by atoms with E-state index in [1.165, 1.54) is 24.6 Å². The molecule has 0 fully saturated rings. The van der Waals surface area contributed by atoms with E-state index in [-0.39, 0.29) is 11.6 Å². The fraction of sp³-hybridized carbons (Fsp3) is 0.0476. The van der Waals surface area contributed by atoms with Crippen LogP contribution >= 0.6 is 34.5 Å². The van der Waals surface area contributed by atoms with Crippen molar-refractivity contribution in [1.29, 1.82) is 0 Å². The number of carbonyl (C=O) groups excluding carboxylic acids is 2. The molecule has 3 amide bonds. The number of urea groups is 1. The van der Waals surface area contributed by atoms with E-state index in [0.29, 0.717) is 37.9 Å². The number of hydrogen-bond acceptors (Lipinski definition) is 6. The molecule has 2 heterocycles. The predicted molar refractivity (Wildman–Crippen MR) is 126 cm³/mol. The third kappa shape index (κ3) is 5.08. The van der Waals surface area contributed by atoms with Crippen molar-refractivity contribution in [2.24, 2.45) is 0 Å². The number of nitrogens with one attached hydrogen (secondary N) is 3. The fourth-order valence-corrected chi connectivity index (χ4v) is 3.91. The lowest BCUT2D eigenvalue weighted by Crippen LogP contribution is -2.19. The van der Waals surface area contributed by atoms with Crippen LogP contribution in [0, 0.1) is 0 Å². The Morgan fingerprint density at radius 1 is 0.969 bits per heavy atom. The minimum absolute atomic E-state index is 0.253. The van der Waals surface area contributed by atoms with Crippen LogP contribution < -0.4 is 20.7 Å². The lowest BCUT2D eigenvalue weighted by molar-refractivity contribution is 0.0958. The largest absolute Gasteiger partial charge is 0.457 e. The van der Waals surface area contributed by atoms with E-state index in [0.717, 1.165) is 4.70 Å². The Balaban J connectivity index is 1.46. The molecule has 11 heteroatoms. The van der Waals surface area contributed by atoms with E-state index >= 15 is 0 Å². The number of nitrogens with zero attached hydrogens (tertiary/aromatic N) is 2. The monoisotopic (exact) mass is 487 g/mol. The van der Waals surface area contributed by atoms with Gasteiger partial charge in [0.1, 0.15) is 17.2 Å². The fourth-order valence-electron chi connectivity index (χ4n) is 2.72. The molecular formula is C21H15Cl2N5O3S. The van der Waals surface area contributed by atoms with Crippen molar-refractivity contribution in [1.82, 2.24) is 15.3 Å². The normalized spacial score (nSPS) is 10.6. The third-order valence-electron chi connectivity index (χ3n) is 4.18. The number of aromatic nitrogens is 2. The number of carbonyl (C=O) groups is 2. The number of fused-ring (bicyclic) bond motifs is 1. The van der Waals surface area contributed by atoms with Crippen LogP contribution in [-0.4, -0.2) is 29.0 Å². The van der Waals surface area contributed by atoms with Crippen molar-refractivity contribution >= 4 is 67.5 Å². The molecule has 3 N–H and O–H groups in total. The average molecular weight is 488 g/mol. The van der Waals surface area contributed by atoms with Crippen LogP contribution in [0.5, 0.6) is 11.5 Å². The van der Waals surface area contributed by atoms with Gasteiger partial charge in [-0.2, -0.15) is 0 Å². The van der Waals surface area contributed by atoms with Gasteiger partial charge in [0.05, 0.1) is 20.3 Å². The maximum absolute atomic E-state index is 12.3. The van der Waals surface area contributed by atoms with Crippen molar-refractivity contribution in [2.45, 2.75) is 0 Å². The van der Waals surface area contributed by atoms with Gasteiger partial charge in [-0.3, -0.25) is 15.1 Å². The molecule has 0 aliphatic heterocycles. The van der Waals surface area contributed by atoms with E-state index in [1.54, 1.807) is 48.5 Å². The molecule has 0 saturated heterocycles. The summed E-state index contributed by atoms with van der Waals surface area (Å²) in [5.41, 5.74) is 1.46. The van der Waals surface area contributed by atoms with Crippen LogP contribution in [0.4, 0.5) is 15.6 Å². The lowest BCUT2D eigenvalue weighted by atomic mass is 10.3. The summed E-state index contributed by atoms with van der Waals surface area (Å²) in [4.78, 5) is 32.4. The first-order valence-electron chi connectivity index (χ1n) is 9.21. The molecule has 0 atom stereocenters. The molecule has 32 heavy (non-hydrogen) atoms. The predicted octanol–water partition coefficient (Wildman–Crippen LogP) is 5.79. The van der Waals surface area contributed by atoms with Crippen LogP contribution in [0.2, 0.25) is 10.0 Å². The number of anilines is 2. The van der Waals surface area contributed by atoms with Crippen molar-refractivity contribution < 1.29 is 14.3 Å². The maximum atomic E-state index is 12.3. The van der Waals surface area contributed by atoms with Crippen LogP contribution in [0.3, 0.4) is 0 Å². The molecule has 4 rings (SSSR count). The molecule has 0 saturated carbocycles. The molecule has 2 aromatic heterocycles. The van der Waals surface area contributed by atoms with E-state index in [4.69, 9.17) is 27.9 Å². The second kappa shape index (κ2) is 9.39. The Hall–Kier alpha value is -3.40. The summed E-state index contributed by atoms with van der Waals surface area (Å²) in [7, 11) is 1.53. The van der Waals surface area contributed by atoms with Gasteiger partial charge in [-0.25, -0.2) is 9.78 Å². The number of pyridine rings is 1. The molecule has 4 aromatic rings. The van der Waals surface area contributed by atoms with Crippen LogP contribution in [-0.2, 0) is 0 Å². The van der Waals surface area contributed by atoms with Crippen molar-refractivity contribution in [3.63, 3.8) is 0 Å². The minimum Gasteiger partial charge on any atom is -0.457 e. The zero-order valence-electron chi connectivity index (χ0n) is 16.5. The Morgan fingerprint density at radius 2 is 1.78 bits per heavy atom. The van der Waals surface area contributed by atoms with Gasteiger partial charge in [0.2, 0.25) is 0 Å². The summed E-state index contributed by atoms with van der Waals surface area (Å²) in [6.07, 6.45) is 1.50. The number of hydrogen-bond donors (Lipinski definition) is 3. The Bertz CT molecular complexity index is 1330. The molecule has 8 nitrogen and oxygen atoms in total. The second-order valence-corrected chi connectivity index (χ2v) is 8.26. The summed E-state index contributed by atoms with van der Waals surface area (Å²) in [5.74, 6) is 0.729. The highest BCUT2D eigenvalue weighted by molar-refractivity contribution is 7.22. The van der Waals surface area contributed by atoms with Gasteiger partial charge in [0.15, 0.2) is 5.13 Å². The van der Waals surface area contributed by atoms with Crippen molar-refractivity contribution in [3.05, 3.63) is 70.5 Å². The molecule has 0 spiro atoms. The van der Waals surface area contributed by atoms with Gasteiger partial charge in [0, 0.05) is 31.1 Å². The molecule has 0 unspecified atom stereocenters. The molecule has 0 radical (unpaired) electrons. The van der Waals surface area contributed by atoms with Crippen molar-refractivity contribution in [3.8, 4) is 11.5 Å². The highest BCUT2D eigenvalue weighted by Crippen LogP contribution is 2.31. The minimum atomic E-state index is -0.461. The molecule has 0 aliphatic carbocycles. The van der Waals surface area contributed by atoms with Gasteiger partial charge in [-0.05, 0) is 36.4 Å². The SMILES string of the molecule is CNC(=O)c1cc(Oc2ccc3nc(NC(=O)Nc4ccc(Cl)c(Cl)c4)sc3c2)ccn1. The second-order valence-electron chi connectivity index (χ2n) is 6.41. The zero-order chi connectivity index (χ0) is 22.7. The smallest absolute Gasteiger partial charge is 0.325 e. The van der Waals surface area contributed by atoms with Crippen LogP contribution in [0.1, 0.15) is 10.5 Å². The van der Waals surface area contributed by atoms with Gasteiger partial charge >= 0.3 is 6.03 Å². The molecule has 0 aliphatic rings. The molecule has 2 aromatic carbocycles. The summed E-state index contributed by atoms with van der Waals surface area (Å²) in [6.45, 7) is 0. The van der Waals surface area contributed by atoms with Gasteiger partial charge in [0.25, 0.3) is 5.91 Å². The summed E-state index contributed by atoms with van der Waals surface area (Å²) >= 11 is 13.1. The molecule has 162 valence electrons. The highest BCUT2D eigenvalue weighted by atomic mass is 35.5. The first-order valence-corrected chi connectivity index (χ1v) is 10.8. The zero-order valence-corrected chi connectivity index (χ0v) is 18.8. The van der Waals surface area contributed by atoms with Crippen molar-refractivity contribution in [2.75, 3.05) is 17.7 Å². The number of halogens is 2. The van der Waals surface area contributed by atoms with E-state index < -0.39 is 6.03 Å². The van der Waals surface area contributed by atoms with Gasteiger partial charge < -0.3 is 15.4 Å². The quantitative estimate of drug-likeness (QED) is 0.330. The maximum Gasteiger partial charge on any atom is 0.325 e. The van der Waals surface area contributed by atoms with E-state index in [2.05, 4.69) is 25.9 Å². The Kier molecular flexibility index (Phi) is 6.40. The third-order valence-corrected chi connectivity index (χ3v) is 5.86. The van der Waals surface area contributed by atoms with Gasteiger partial charge in [-0.1, -0.05) is 34.5 Å². The van der Waals surface area contributed by atoms with E-state index in [9.17, 15) is 9.59 Å². The topological polar surface area (TPSA) is 105 Å². The number of amides is 3.